The molecule has 0 aliphatic heterocycles. The fourth-order valence-corrected chi connectivity index (χ4v) is 1.53. The van der Waals surface area contributed by atoms with E-state index in [0.717, 1.165) is 0 Å². The van der Waals surface area contributed by atoms with Gasteiger partial charge in [0.25, 0.3) is 0 Å². The van der Waals surface area contributed by atoms with Crippen LogP contribution in [0, 0.1) is 0 Å². The topological polar surface area (TPSA) is 66.4 Å². The number of hydrogen-bond donors (Lipinski definition) is 2. The van der Waals surface area contributed by atoms with E-state index in [-0.39, 0.29) is 17.9 Å². The quantitative estimate of drug-likeness (QED) is 0.873. The molecule has 5 heteroatoms. The highest BCUT2D eigenvalue weighted by Gasteiger charge is 2.10. The zero-order valence-corrected chi connectivity index (χ0v) is 10.4. The molecule has 2 N–H and O–H groups in total. The predicted molar refractivity (Wildman–Crippen MR) is 64.9 cm³/mol. The van der Waals surface area contributed by atoms with Crippen LogP contribution in [0.3, 0.4) is 0 Å². The highest BCUT2D eigenvalue weighted by molar-refractivity contribution is 9.10. The first-order chi connectivity index (χ1) is 7.54. The Hall–Kier alpha value is -1.36. The Labute approximate surface area is 102 Å². The van der Waals surface area contributed by atoms with Gasteiger partial charge in [-0.3, -0.25) is 4.79 Å². The van der Waals surface area contributed by atoms with Crippen molar-refractivity contribution in [3.8, 4) is 0 Å². The van der Waals surface area contributed by atoms with Crippen LogP contribution in [0.5, 0.6) is 0 Å². The molecular weight excluding hydrogens is 274 g/mol. The van der Waals surface area contributed by atoms with E-state index >= 15 is 0 Å². The van der Waals surface area contributed by atoms with Crippen LogP contribution in [0.1, 0.15) is 23.7 Å². The minimum Gasteiger partial charge on any atom is -0.478 e. The second-order valence-corrected chi connectivity index (χ2v) is 4.16. The lowest BCUT2D eigenvalue weighted by Crippen LogP contribution is -2.14. The lowest BCUT2D eigenvalue weighted by atomic mass is 10.1. The van der Waals surface area contributed by atoms with E-state index in [0.29, 0.717) is 16.6 Å². The predicted octanol–water partition coefficient (Wildman–Crippen LogP) is 2.54. The van der Waals surface area contributed by atoms with Crippen molar-refractivity contribution in [3.05, 3.63) is 28.2 Å². The van der Waals surface area contributed by atoms with Gasteiger partial charge in [-0.1, -0.05) is 22.9 Å². The monoisotopic (exact) mass is 285 g/mol. The van der Waals surface area contributed by atoms with Crippen LogP contribution >= 0.6 is 15.9 Å². The molecule has 0 aromatic heterocycles. The summed E-state index contributed by atoms with van der Waals surface area (Å²) < 4.78 is 0.692. The van der Waals surface area contributed by atoms with Crippen molar-refractivity contribution in [3.63, 3.8) is 0 Å². The summed E-state index contributed by atoms with van der Waals surface area (Å²) in [5, 5.41) is 11.8. The minimum atomic E-state index is -1.02. The van der Waals surface area contributed by atoms with Gasteiger partial charge in [-0.05, 0) is 18.2 Å². The van der Waals surface area contributed by atoms with Gasteiger partial charge in [-0.15, -0.1) is 0 Å². The van der Waals surface area contributed by atoms with Gasteiger partial charge < -0.3 is 10.4 Å². The molecule has 0 saturated heterocycles. The van der Waals surface area contributed by atoms with E-state index in [4.69, 9.17) is 5.11 Å². The highest BCUT2D eigenvalue weighted by Crippen LogP contribution is 2.20. The molecule has 0 fully saturated rings. The number of carbonyl (C=O) groups is 2. The number of ketones is 1. The number of anilines is 1. The first-order valence-corrected chi connectivity index (χ1v) is 5.62. The van der Waals surface area contributed by atoms with Crippen LogP contribution in [-0.2, 0) is 4.79 Å². The molecule has 0 bridgehead atoms. The van der Waals surface area contributed by atoms with Gasteiger partial charge in [0.1, 0.15) is 0 Å². The molecule has 16 heavy (non-hydrogen) atoms. The van der Waals surface area contributed by atoms with Gasteiger partial charge in [-0.2, -0.15) is 0 Å². The Bertz CT molecular complexity index is 418. The van der Waals surface area contributed by atoms with Crippen molar-refractivity contribution in [2.24, 2.45) is 0 Å². The zero-order chi connectivity index (χ0) is 12.1. The lowest BCUT2D eigenvalue weighted by Gasteiger charge is -2.08. The van der Waals surface area contributed by atoms with Crippen molar-refractivity contribution in [2.75, 3.05) is 11.9 Å². The molecule has 0 saturated carbocycles. The molecule has 1 aromatic rings. The lowest BCUT2D eigenvalue weighted by molar-refractivity contribution is -0.117. The first kappa shape index (κ1) is 12.7. The number of benzene rings is 1. The number of carboxylic acids is 1. The summed E-state index contributed by atoms with van der Waals surface area (Å²) in [7, 11) is 0. The summed E-state index contributed by atoms with van der Waals surface area (Å²) >= 11 is 3.20. The fraction of sp³-hybridized carbons (Fsp3) is 0.273. The van der Waals surface area contributed by atoms with Crippen LogP contribution < -0.4 is 5.32 Å². The third-order valence-corrected chi connectivity index (χ3v) is 2.58. The second kappa shape index (κ2) is 5.65. The summed E-state index contributed by atoms with van der Waals surface area (Å²) in [6, 6.07) is 4.86. The Morgan fingerprint density at radius 1 is 1.44 bits per heavy atom. The van der Waals surface area contributed by atoms with Gasteiger partial charge in [0.15, 0.2) is 5.78 Å². The molecule has 0 unspecified atom stereocenters. The third kappa shape index (κ3) is 3.34. The number of hydrogen-bond acceptors (Lipinski definition) is 3. The zero-order valence-electron chi connectivity index (χ0n) is 8.79. The Balaban J connectivity index is 2.87. The number of halogens is 1. The van der Waals surface area contributed by atoms with E-state index in [1.54, 1.807) is 19.1 Å². The van der Waals surface area contributed by atoms with Crippen molar-refractivity contribution >= 4 is 33.4 Å². The first-order valence-electron chi connectivity index (χ1n) is 4.83. The van der Waals surface area contributed by atoms with Crippen LogP contribution in [-0.4, -0.2) is 23.4 Å². The number of Topliss-reactive ketones (excluding diaryl/α,β-unsaturated/α-hetero) is 1. The molecule has 86 valence electrons. The summed E-state index contributed by atoms with van der Waals surface area (Å²) in [5.74, 6) is -0.980. The second-order valence-electron chi connectivity index (χ2n) is 3.24. The summed E-state index contributed by atoms with van der Waals surface area (Å²) in [6.07, 6.45) is 0.436. The number of rotatable bonds is 5. The average molecular weight is 286 g/mol. The van der Waals surface area contributed by atoms with Crippen LogP contribution in [0.15, 0.2) is 22.7 Å². The van der Waals surface area contributed by atoms with Crippen molar-refractivity contribution in [1.82, 2.24) is 0 Å². The Morgan fingerprint density at radius 2 is 2.12 bits per heavy atom. The standard InChI is InChI=1S/C11H12BrNO3/c1-2-8(14)6-13-10-4-3-7(12)5-9(10)11(15)16/h3-5,13H,2,6H2,1H3,(H,15,16). The van der Waals surface area contributed by atoms with Gasteiger partial charge in [0, 0.05) is 16.6 Å². The molecule has 1 aromatic carbocycles. The molecule has 1 rings (SSSR count). The Kier molecular flexibility index (Phi) is 4.49. The smallest absolute Gasteiger partial charge is 0.337 e. The maximum atomic E-state index is 11.1. The van der Waals surface area contributed by atoms with E-state index in [1.807, 2.05) is 0 Å². The SMILES string of the molecule is CCC(=O)CNc1ccc(Br)cc1C(=O)O. The van der Waals surface area contributed by atoms with E-state index in [9.17, 15) is 9.59 Å². The number of carboxylic acid groups (broad SMARTS) is 1. The maximum Gasteiger partial charge on any atom is 0.337 e. The van der Waals surface area contributed by atoms with Gasteiger partial charge in [0.05, 0.1) is 12.1 Å². The highest BCUT2D eigenvalue weighted by atomic mass is 79.9. The number of carbonyl (C=O) groups excluding carboxylic acids is 1. The summed E-state index contributed by atoms with van der Waals surface area (Å²) in [5.41, 5.74) is 0.607. The number of aromatic carboxylic acids is 1. The fourth-order valence-electron chi connectivity index (χ4n) is 1.17. The van der Waals surface area contributed by atoms with E-state index in [1.165, 1.54) is 6.07 Å². The van der Waals surface area contributed by atoms with Crippen LogP contribution in [0.25, 0.3) is 0 Å². The maximum absolute atomic E-state index is 11.1. The molecular formula is C11H12BrNO3. The summed E-state index contributed by atoms with van der Waals surface area (Å²) in [4.78, 5) is 22.1. The van der Waals surface area contributed by atoms with Crippen molar-refractivity contribution in [1.29, 1.82) is 0 Å². The molecule has 0 aliphatic rings. The third-order valence-electron chi connectivity index (χ3n) is 2.08. The van der Waals surface area contributed by atoms with Gasteiger partial charge in [0.2, 0.25) is 0 Å². The van der Waals surface area contributed by atoms with Crippen molar-refractivity contribution in [2.45, 2.75) is 13.3 Å². The molecule has 0 amide bonds. The molecule has 0 aliphatic carbocycles. The molecule has 4 nitrogen and oxygen atoms in total. The van der Waals surface area contributed by atoms with E-state index in [2.05, 4.69) is 21.2 Å². The molecule has 0 heterocycles. The number of nitrogens with one attached hydrogen (secondary N) is 1. The Morgan fingerprint density at radius 3 is 2.69 bits per heavy atom. The molecule has 0 radical (unpaired) electrons. The van der Waals surface area contributed by atoms with Gasteiger partial charge >= 0.3 is 5.97 Å². The van der Waals surface area contributed by atoms with E-state index < -0.39 is 5.97 Å². The molecule has 0 atom stereocenters. The van der Waals surface area contributed by atoms with Crippen LogP contribution in [0.4, 0.5) is 5.69 Å². The summed E-state index contributed by atoms with van der Waals surface area (Å²) in [6.45, 7) is 1.92. The normalized spacial score (nSPS) is 9.88. The van der Waals surface area contributed by atoms with Crippen LogP contribution in [0.2, 0.25) is 0 Å². The molecule has 0 spiro atoms. The van der Waals surface area contributed by atoms with Crippen molar-refractivity contribution < 1.29 is 14.7 Å². The largest absolute Gasteiger partial charge is 0.478 e. The minimum absolute atomic E-state index is 0.0410. The van der Waals surface area contributed by atoms with Gasteiger partial charge in [-0.25, -0.2) is 4.79 Å². The average Bonchev–Trinajstić information content (AvgIpc) is 2.26.